The highest BCUT2D eigenvalue weighted by Gasteiger charge is 2.40. The number of rotatable bonds is 3. The van der Waals surface area contributed by atoms with Gasteiger partial charge in [0.1, 0.15) is 11.5 Å². The molecule has 1 fully saturated rings. The van der Waals surface area contributed by atoms with Gasteiger partial charge in [-0.1, -0.05) is 29.8 Å². The van der Waals surface area contributed by atoms with Crippen LogP contribution >= 0.6 is 11.6 Å². The summed E-state index contributed by atoms with van der Waals surface area (Å²) in [5.41, 5.74) is 0.944. The Labute approximate surface area is 143 Å². The summed E-state index contributed by atoms with van der Waals surface area (Å²) < 4.78 is 5.07. The van der Waals surface area contributed by atoms with Crippen LogP contribution in [0.15, 0.2) is 54.1 Å². The zero-order valence-electron chi connectivity index (χ0n) is 12.7. The molecule has 5 nitrogen and oxygen atoms in total. The number of halogens is 1. The Morgan fingerprint density at radius 1 is 1.12 bits per heavy atom. The van der Waals surface area contributed by atoms with Gasteiger partial charge in [0.05, 0.1) is 18.7 Å². The van der Waals surface area contributed by atoms with Crippen LogP contribution in [0.1, 0.15) is 17.2 Å². The second kappa shape index (κ2) is 6.37. The van der Waals surface area contributed by atoms with Crippen LogP contribution in [0.25, 0.3) is 5.76 Å². The summed E-state index contributed by atoms with van der Waals surface area (Å²) in [4.78, 5) is 24.1. The summed E-state index contributed by atoms with van der Waals surface area (Å²) in [6, 6.07) is 12.6. The lowest BCUT2D eigenvalue weighted by Gasteiger charge is -2.15. The molecule has 0 unspecified atom stereocenters. The molecule has 1 saturated heterocycles. The Bertz CT molecular complexity index is 842. The van der Waals surface area contributed by atoms with E-state index in [-0.39, 0.29) is 11.3 Å². The number of ether oxygens (including phenoxy) is 1. The van der Waals surface area contributed by atoms with Crippen molar-refractivity contribution in [3.05, 3.63) is 70.3 Å². The number of amides is 1. The molecule has 6 heteroatoms. The molecule has 122 valence electrons. The lowest BCUT2D eigenvalue weighted by atomic mass is 9.96. The van der Waals surface area contributed by atoms with Crippen molar-refractivity contribution < 1.29 is 19.4 Å². The minimum Gasteiger partial charge on any atom is -0.507 e. The van der Waals surface area contributed by atoms with E-state index in [1.54, 1.807) is 48.5 Å². The minimum absolute atomic E-state index is 0.0155. The normalized spacial score (nSPS) is 19.2. The maximum atomic E-state index is 12.2. The van der Waals surface area contributed by atoms with Crippen molar-refractivity contribution in [2.24, 2.45) is 0 Å². The molecule has 1 atom stereocenters. The van der Waals surface area contributed by atoms with Gasteiger partial charge in [-0.2, -0.15) is 0 Å². The van der Waals surface area contributed by atoms with Crippen molar-refractivity contribution in [2.75, 3.05) is 7.11 Å². The number of aliphatic hydroxyl groups excluding tert-OH is 1. The number of carbonyl (C=O) groups excluding carboxylic acids is 2. The molecule has 2 N–H and O–H groups in total. The molecule has 0 radical (unpaired) electrons. The van der Waals surface area contributed by atoms with Crippen LogP contribution in [0.4, 0.5) is 0 Å². The highest BCUT2D eigenvalue weighted by molar-refractivity contribution is 6.47. The van der Waals surface area contributed by atoms with E-state index in [0.717, 1.165) is 0 Å². The molecule has 0 spiro atoms. The van der Waals surface area contributed by atoms with Gasteiger partial charge in [-0.25, -0.2) is 0 Å². The van der Waals surface area contributed by atoms with Crippen LogP contribution in [0.2, 0.25) is 5.02 Å². The fourth-order valence-corrected chi connectivity index (χ4v) is 2.86. The zero-order chi connectivity index (χ0) is 17.3. The summed E-state index contributed by atoms with van der Waals surface area (Å²) in [7, 11) is 1.53. The smallest absolute Gasteiger partial charge is 0.293 e. The van der Waals surface area contributed by atoms with E-state index >= 15 is 0 Å². The first kappa shape index (κ1) is 16.1. The van der Waals surface area contributed by atoms with Gasteiger partial charge < -0.3 is 15.2 Å². The van der Waals surface area contributed by atoms with Gasteiger partial charge in [0.2, 0.25) is 0 Å². The molecule has 1 aliphatic heterocycles. The number of Topliss-reactive ketones (excluding diaryl/α,β-unsaturated/α-hetero) is 1. The summed E-state index contributed by atoms with van der Waals surface area (Å²) >= 11 is 6.17. The van der Waals surface area contributed by atoms with E-state index < -0.39 is 17.7 Å². The Kier molecular flexibility index (Phi) is 4.27. The summed E-state index contributed by atoms with van der Waals surface area (Å²) in [6.07, 6.45) is 0. The molecule has 0 aromatic heterocycles. The number of hydrogen-bond donors (Lipinski definition) is 2. The lowest BCUT2D eigenvalue weighted by molar-refractivity contribution is -0.133. The van der Waals surface area contributed by atoms with Gasteiger partial charge >= 0.3 is 0 Å². The van der Waals surface area contributed by atoms with Gasteiger partial charge in [0.25, 0.3) is 11.7 Å². The maximum absolute atomic E-state index is 12.2. The van der Waals surface area contributed by atoms with Gasteiger partial charge in [0.15, 0.2) is 0 Å². The maximum Gasteiger partial charge on any atom is 0.293 e. The zero-order valence-corrected chi connectivity index (χ0v) is 13.5. The largest absolute Gasteiger partial charge is 0.507 e. The second-order valence-corrected chi connectivity index (χ2v) is 5.66. The Morgan fingerprint density at radius 2 is 1.79 bits per heavy atom. The molecule has 0 bridgehead atoms. The fourth-order valence-electron chi connectivity index (χ4n) is 2.61. The van der Waals surface area contributed by atoms with Crippen LogP contribution in [0.3, 0.4) is 0 Å². The Balaban J connectivity index is 2.11. The third-order valence-electron chi connectivity index (χ3n) is 3.85. The summed E-state index contributed by atoms with van der Waals surface area (Å²) in [5.74, 6) is -1.18. The average Bonchev–Trinajstić information content (AvgIpc) is 2.90. The van der Waals surface area contributed by atoms with Crippen molar-refractivity contribution in [2.45, 2.75) is 6.04 Å². The van der Waals surface area contributed by atoms with Crippen LogP contribution in [0.5, 0.6) is 5.75 Å². The highest BCUT2D eigenvalue weighted by Crippen LogP contribution is 2.36. The van der Waals surface area contributed by atoms with E-state index in [1.165, 1.54) is 7.11 Å². The van der Waals surface area contributed by atoms with E-state index in [1.807, 2.05) is 0 Å². The third kappa shape index (κ3) is 2.74. The molecule has 1 aliphatic rings. The molecule has 2 aromatic carbocycles. The highest BCUT2D eigenvalue weighted by atomic mass is 35.5. The van der Waals surface area contributed by atoms with Crippen molar-refractivity contribution in [3.8, 4) is 5.75 Å². The summed E-state index contributed by atoms with van der Waals surface area (Å²) in [5, 5.41) is 13.5. The van der Waals surface area contributed by atoms with E-state index in [0.29, 0.717) is 21.9 Å². The number of ketones is 1. The van der Waals surface area contributed by atoms with E-state index in [4.69, 9.17) is 16.3 Å². The minimum atomic E-state index is -0.791. The van der Waals surface area contributed by atoms with Gasteiger partial charge in [-0.15, -0.1) is 0 Å². The Morgan fingerprint density at radius 3 is 2.42 bits per heavy atom. The molecule has 0 aliphatic carbocycles. The summed E-state index contributed by atoms with van der Waals surface area (Å²) in [6.45, 7) is 0. The van der Waals surface area contributed by atoms with E-state index in [9.17, 15) is 14.7 Å². The number of hydrogen-bond acceptors (Lipinski definition) is 4. The SMILES string of the molecule is COc1ccc(C(O)=C2C(=O)C(=O)N[C@@H]2c2ccccc2Cl)cc1. The topological polar surface area (TPSA) is 75.6 Å². The second-order valence-electron chi connectivity index (χ2n) is 5.25. The predicted octanol–water partition coefficient (Wildman–Crippen LogP) is 3.06. The fraction of sp³-hybridized carbons (Fsp3) is 0.111. The first-order valence-corrected chi connectivity index (χ1v) is 7.58. The predicted molar refractivity (Wildman–Crippen MR) is 89.9 cm³/mol. The standard InChI is InChI=1S/C18H14ClNO4/c1-24-11-8-6-10(7-9-11)16(21)14-15(20-18(23)17(14)22)12-4-2-3-5-13(12)19/h2-9,15,21H,1H3,(H,20,23)/t15-/m1/s1. The van der Waals surface area contributed by atoms with Crippen LogP contribution in [-0.2, 0) is 9.59 Å². The molecule has 1 amide bonds. The number of methoxy groups -OCH3 is 1. The molecule has 2 aromatic rings. The number of nitrogens with one attached hydrogen (secondary N) is 1. The average molecular weight is 344 g/mol. The number of benzene rings is 2. The van der Waals surface area contributed by atoms with Crippen LogP contribution in [0, 0.1) is 0 Å². The molecule has 24 heavy (non-hydrogen) atoms. The molecule has 0 saturated carbocycles. The van der Waals surface area contributed by atoms with Gasteiger partial charge in [-0.05, 0) is 35.9 Å². The van der Waals surface area contributed by atoms with Crippen molar-refractivity contribution in [1.82, 2.24) is 5.32 Å². The third-order valence-corrected chi connectivity index (χ3v) is 4.19. The molecule has 1 heterocycles. The number of carbonyl (C=O) groups is 2. The molecular formula is C18H14ClNO4. The van der Waals surface area contributed by atoms with Crippen LogP contribution in [-0.4, -0.2) is 23.9 Å². The lowest BCUT2D eigenvalue weighted by Crippen LogP contribution is -2.21. The first-order valence-electron chi connectivity index (χ1n) is 7.20. The quantitative estimate of drug-likeness (QED) is 0.510. The van der Waals surface area contributed by atoms with Gasteiger partial charge in [0, 0.05) is 10.6 Å². The first-order chi connectivity index (χ1) is 11.5. The Hall–Kier alpha value is -2.79. The van der Waals surface area contributed by atoms with Gasteiger partial charge in [-0.3, -0.25) is 9.59 Å². The van der Waals surface area contributed by atoms with E-state index in [2.05, 4.69) is 5.32 Å². The molecular weight excluding hydrogens is 330 g/mol. The number of aliphatic hydroxyl groups is 1. The van der Waals surface area contributed by atoms with Crippen molar-refractivity contribution in [1.29, 1.82) is 0 Å². The monoisotopic (exact) mass is 343 g/mol. The molecule has 3 rings (SSSR count). The van der Waals surface area contributed by atoms with Crippen LogP contribution < -0.4 is 10.1 Å². The van der Waals surface area contributed by atoms with Crippen molar-refractivity contribution >= 4 is 29.1 Å². The van der Waals surface area contributed by atoms with Crippen molar-refractivity contribution in [3.63, 3.8) is 0 Å².